The topological polar surface area (TPSA) is 82.6 Å². The average Bonchev–Trinajstić information content (AvgIpc) is 3.06. The first-order valence-electron chi connectivity index (χ1n) is 10.9. The number of carbonyl (C=O) groups excluding carboxylic acids is 1. The third-order valence-electron chi connectivity index (χ3n) is 5.60. The number of carbonyl (C=O) groups is 1. The second kappa shape index (κ2) is 11.0. The normalized spacial score (nSPS) is 14.4. The van der Waals surface area contributed by atoms with Gasteiger partial charge >= 0.3 is 0 Å². The summed E-state index contributed by atoms with van der Waals surface area (Å²) in [5.41, 5.74) is 2.70. The molecule has 0 spiro atoms. The highest BCUT2D eigenvalue weighted by Gasteiger charge is 2.18. The maximum Gasteiger partial charge on any atom is 0.262 e. The van der Waals surface area contributed by atoms with Crippen molar-refractivity contribution in [1.82, 2.24) is 14.9 Å². The smallest absolute Gasteiger partial charge is 0.262 e. The molecule has 8 nitrogen and oxygen atoms in total. The second-order valence-electron chi connectivity index (χ2n) is 7.98. The van der Waals surface area contributed by atoms with Crippen molar-refractivity contribution < 1.29 is 9.53 Å². The molecule has 34 heavy (non-hydrogen) atoms. The van der Waals surface area contributed by atoms with Gasteiger partial charge < -0.3 is 25.2 Å². The van der Waals surface area contributed by atoms with Crippen molar-refractivity contribution in [3.63, 3.8) is 0 Å². The average molecular weight is 546 g/mol. The maximum atomic E-state index is 12.8. The van der Waals surface area contributed by atoms with Crippen LogP contribution in [-0.4, -0.2) is 61.1 Å². The lowest BCUT2D eigenvalue weighted by atomic mass is 10.2. The molecule has 2 N–H and O–H groups in total. The lowest BCUT2D eigenvalue weighted by Gasteiger charge is -2.23. The van der Waals surface area contributed by atoms with E-state index in [1.165, 1.54) is 19.0 Å². The summed E-state index contributed by atoms with van der Waals surface area (Å²) in [6.07, 6.45) is 2.58. The molecule has 0 atom stereocenters. The van der Waals surface area contributed by atoms with Gasteiger partial charge in [0.15, 0.2) is 0 Å². The Morgan fingerprint density at radius 3 is 2.65 bits per heavy atom. The third-order valence-corrected chi connectivity index (χ3v) is 6.58. The van der Waals surface area contributed by atoms with Gasteiger partial charge in [0.2, 0.25) is 11.8 Å². The molecule has 3 aromatic rings. The summed E-state index contributed by atoms with van der Waals surface area (Å²) in [6, 6.07) is 13.4. The van der Waals surface area contributed by atoms with E-state index in [2.05, 4.69) is 65.5 Å². The Bertz CT molecular complexity index is 1140. The Morgan fingerprint density at radius 2 is 1.91 bits per heavy atom. The molecule has 0 radical (unpaired) electrons. The van der Waals surface area contributed by atoms with Crippen molar-refractivity contribution in [2.75, 3.05) is 55.9 Å². The second-order valence-corrected chi connectivity index (χ2v) is 9.24. The van der Waals surface area contributed by atoms with E-state index in [0.717, 1.165) is 38.3 Å². The van der Waals surface area contributed by atoms with Crippen LogP contribution in [0.3, 0.4) is 0 Å². The minimum atomic E-state index is -0.426. The molecule has 2 aromatic carbocycles. The molecule has 1 aliphatic heterocycles. The minimum absolute atomic E-state index is 0.156. The number of amides is 1. The molecular weight excluding hydrogens is 520 g/mol. The van der Waals surface area contributed by atoms with Gasteiger partial charge in [-0.15, -0.1) is 0 Å². The highest BCUT2D eigenvalue weighted by Crippen LogP contribution is 2.31. The monoisotopic (exact) mass is 544 g/mol. The fourth-order valence-corrected chi connectivity index (χ4v) is 4.53. The van der Waals surface area contributed by atoms with Crippen LogP contribution in [0.25, 0.3) is 0 Å². The van der Waals surface area contributed by atoms with Gasteiger partial charge in [0, 0.05) is 41.7 Å². The molecule has 10 heteroatoms. The number of aromatic nitrogens is 2. The first-order chi connectivity index (χ1) is 16.4. The molecule has 0 saturated carbocycles. The van der Waals surface area contributed by atoms with Gasteiger partial charge in [0.1, 0.15) is 5.56 Å². The first kappa shape index (κ1) is 24.3. The number of anilines is 4. The summed E-state index contributed by atoms with van der Waals surface area (Å²) in [5.74, 6) is 0.0598. The summed E-state index contributed by atoms with van der Waals surface area (Å²) in [6.45, 7) is 4.24. The van der Waals surface area contributed by atoms with Crippen LogP contribution >= 0.6 is 27.5 Å². The SMILES string of the molecule is COc1nc(Nc2ccc(N3CCCN(C)CC3)cc2)ncc1C(=O)Nc1c(Cl)cccc1Br. The van der Waals surface area contributed by atoms with Crippen molar-refractivity contribution in [2.45, 2.75) is 6.42 Å². The molecular formula is C24H26BrClN6O2. The number of nitrogens with zero attached hydrogens (tertiary/aromatic N) is 4. The molecule has 178 valence electrons. The number of halogens is 2. The van der Waals surface area contributed by atoms with Gasteiger partial charge in [-0.05, 0) is 72.3 Å². The zero-order chi connectivity index (χ0) is 24.1. The first-order valence-corrected chi connectivity index (χ1v) is 12.1. The highest BCUT2D eigenvalue weighted by atomic mass is 79.9. The molecule has 1 fully saturated rings. The van der Waals surface area contributed by atoms with Gasteiger partial charge in [0.05, 0.1) is 17.8 Å². The van der Waals surface area contributed by atoms with Gasteiger partial charge in [-0.3, -0.25) is 4.79 Å². The van der Waals surface area contributed by atoms with E-state index < -0.39 is 5.91 Å². The van der Waals surface area contributed by atoms with E-state index in [-0.39, 0.29) is 11.4 Å². The zero-order valence-electron chi connectivity index (χ0n) is 19.0. The predicted octanol–water partition coefficient (Wildman–Crippen LogP) is 5.04. The number of hydrogen-bond donors (Lipinski definition) is 2. The summed E-state index contributed by atoms with van der Waals surface area (Å²) in [5, 5.41) is 6.36. The number of nitrogens with one attached hydrogen (secondary N) is 2. The summed E-state index contributed by atoms with van der Waals surface area (Å²) < 4.78 is 6.02. The maximum absolute atomic E-state index is 12.8. The Balaban J connectivity index is 1.46. The largest absolute Gasteiger partial charge is 0.480 e. The van der Waals surface area contributed by atoms with E-state index in [0.29, 0.717) is 21.1 Å². The minimum Gasteiger partial charge on any atom is -0.480 e. The Hall–Kier alpha value is -2.88. The van der Waals surface area contributed by atoms with E-state index in [9.17, 15) is 4.79 Å². The van der Waals surface area contributed by atoms with Crippen LogP contribution in [0.5, 0.6) is 5.88 Å². The van der Waals surface area contributed by atoms with Crippen LogP contribution in [-0.2, 0) is 0 Å². The van der Waals surface area contributed by atoms with Gasteiger partial charge in [0.25, 0.3) is 5.91 Å². The number of likely N-dealkylation sites (N-methyl/N-ethyl adjacent to an activating group) is 1. The Morgan fingerprint density at radius 1 is 1.12 bits per heavy atom. The van der Waals surface area contributed by atoms with Gasteiger partial charge in [-0.1, -0.05) is 17.7 Å². The quantitative estimate of drug-likeness (QED) is 0.449. The van der Waals surface area contributed by atoms with E-state index >= 15 is 0 Å². The van der Waals surface area contributed by atoms with Crippen molar-refractivity contribution in [3.05, 3.63) is 63.7 Å². The van der Waals surface area contributed by atoms with Crippen LogP contribution in [0.1, 0.15) is 16.8 Å². The molecule has 0 unspecified atom stereocenters. The van der Waals surface area contributed by atoms with Crippen molar-refractivity contribution >= 4 is 56.4 Å². The van der Waals surface area contributed by atoms with Crippen LogP contribution in [0, 0.1) is 0 Å². The van der Waals surface area contributed by atoms with E-state index in [1.54, 1.807) is 18.2 Å². The van der Waals surface area contributed by atoms with Crippen LogP contribution < -0.4 is 20.3 Å². The van der Waals surface area contributed by atoms with Crippen LogP contribution in [0.15, 0.2) is 53.1 Å². The molecule has 0 bridgehead atoms. The Labute approximate surface area is 212 Å². The molecule has 0 aliphatic carbocycles. The van der Waals surface area contributed by atoms with E-state index in [1.807, 2.05) is 12.1 Å². The lowest BCUT2D eigenvalue weighted by molar-refractivity contribution is 0.102. The van der Waals surface area contributed by atoms with Crippen molar-refractivity contribution in [1.29, 1.82) is 0 Å². The highest BCUT2D eigenvalue weighted by molar-refractivity contribution is 9.10. The predicted molar refractivity (Wildman–Crippen MR) is 140 cm³/mol. The summed E-state index contributed by atoms with van der Waals surface area (Å²) in [7, 11) is 3.62. The number of hydrogen-bond acceptors (Lipinski definition) is 7. The molecule has 4 rings (SSSR count). The van der Waals surface area contributed by atoms with E-state index in [4.69, 9.17) is 16.3 Å². The number of rotatable bonds is 6. The fraction of sp³-hybridized carbons (Fsp3) is 0.292. The molecule has 1 saturated heterocycles. The number of para-hydroxylation sites is 1. The van der Waals surface area contributed by atoms with Crippen LogP contribution in [0.4, 0.5) is 23.0 Å². The van der Waals surface area contributed by atoms with Crippen molar-refractivity contribution in [3.8, 4) is 5.88 Å². The fourth-order valence-electron chi connectivity index (χ4n) is 3.73. The Kier molecular flexibility index (Phi) is 7.87. The standard InChI is InChI=1S/C24H26BrClN6O2/c1-31-11-4-12-32(14-13-31)17-9-7-16(8-10-17)28-24-27-15-18(23(30-24)34-2)22(33)29-21-19(25)5-3-6-20(21)26/h3,5-10,15H,4,11-14H2,1-2H3,(H,29,33)(H,27,28,30). The molecule has 1 aliphatic rings. The third kappa shape index (κ3) is 5.78. The summed E-state index contributed by atoms with van der Waals surface area (Å²) in [4.78, 5) is 26.2. The number of methoxy groups -OCH3 is 1. The van der Waals surface area contributed by atoms with Crippen molar-refractivity contribution in [2.24, 2.45) is 0 Å². The number of benzene rings is 2. The molecule has 1 aromatic heterocycles. The van der Waals surface area contributed by atoms with Gasteiger partial charge in [-0.2, -0.15) is 4.98 Å². The van der Waals surface area contributed by atoms with Gasteiger partial charge in [-0.25, -0.2) is 4.98 Å². The summed E-state index contributed by atoms with van der Waals surface area (Å²) >= 11 is 9.60. The molecule has 2 heterocycles. The van der Waals surface area contributed by atoms with Crippen LogP contribution in [0.2, 0.25) is 5.02 Å². The zero-order valence-corrected chi connectivity index (χ0v) is 21.4. The lowest BCUT2D eigenvalue weighted by Crippen LogP contribution is -2.28. The number of ether oxygens (including phenoxy) is 1. The molecule has 1 amide bonds.